The number of anilines is 4. The fourth-order valence-electron chi connectivity index (χ4n) is 5.03. The number of piperazine rings is 1. The topological polar surface area (TPSA) is 91.9 Å². The molecule has 2 aliphatic heterocycles. The number of hydrogen-bond acceptors (Lipinski definition) is 8. The van der Waals surface area contributed by atoms with E-state index in [0.29, 0.717) is 19.2 Å². The number of hydrogen-bond donors (Lipinski definition) is 2. The third kappa shape index (κ3) is 6.16. The summed E-state index contributed by atoms with van der Waals surface area (Å²) in [6, 6.07) is 24.1. The van der Waals surface area contributed by atoms with Gasteiger partial charge in [0.15, 0.2) is 11.5 Å². The van der Waals surface area contributed by atoms with E-state index in [1.165, 1.54) is 18.2 Å². The van der Waals surface area contributed by atoms with Crippen LogP contribution in [0, 0.1) is 0 Å². The Hall–Kier alpha value is -4.63. The van der Waals surface area contributed by atoms with Crippen LogP contribution in [0.2, 0.25) is 0 Å². The molecule has 3 aromatic carbocycles. The van der Waals surface area contributed by atoms with E-state index in [0.717, 1.165) is 66.9 Å². The molecule has 3 heterocycles. The summed E-state index contributed by atoms with van der Waals surface area (Å²) in [7, 11) is 0. The van der Waals surface area contributed by atoms with Crippen molar-refractivity contribution in [2.24, 2.45) is 0 Å². The number of rotatable bonds is 7. The molecule has 2 N–H and O–H groups in total. The number of amides is 1. The van der Waals surface area contributed by atoms with Crippen LogP contribution in [0.4, 0.5) is 23.0 Å². The fraction of sp³-hybridized carbons (Fsp3) is 0.258. The van der Waals surface area contributed by atoms with Gasteiger partial charge in [0, 0.05) is 68.5 Å². The molecule has 4 aromatic rings. The van der Waals surface area contributed by atoms with Gasteiger partial charge in [-0.3, -0.25) is 9.69 Å². The molecule has 0 unspecified atom stereocenters. The highest BCUT2D eigenvalue weighted by Gasteiger charge is 2.19. The Bertz CT molecular complexity index is 1480. The molecule has 204 valence electrons. The molecule has 0 saturated carbocycles. The molecule has 1 amide bonds. The van der Waals surface area contributed by atoms with Crippen LogP contribution in [0.15, 0.2) is 79.0 Å². The molecule has 1 saturated heterocycles. The number of carbonyl (C=O) groups is 1. The lowest BCUT2D eigenvalue weighted by Gasteiger charge is -2.36. The van der Waals surface area contributed by atoms with Crippen molar-refractivity contribution < 1.29 is 14.3 Å². The Balaban J connectivity index is 1.06. The first kappa shape index (κ1) is 25.6. The van der Waals surface area contributed by atoms with Crippen LogP contribution >= 0.6 is 0 Å². The molecular weight excluding hydrogens is 504 g/mol. The zero-order valence-corrected chi connectivity index (χ0v) is 22.5. The molecule has 40 heavy (non-hydrogen) atoms. The minimum Gasteiger partial charge on any atom is -0.486 e. The maximum atomic E-state index is 11.3. The van der Waals surface area contributed by atoms with Crippen molar-refractivity contribution in [1.29, 1.82) is 0 Å². The maximum Gasteiger partial charge on any atom is 0.227 e. The summed E-state index contributed by atoms with van der Waals surface area (Å²) in [6.45, 7) is 7.49. The summed E-state index contributed by atoms with van der Waals surface area (Å²) in [6.07, 6.45) is 1.75. The third-order valence-electron chi connectivity index (χ3n) is 7.01. The zero-order chi connectivity index (χ0) is 27.3. The van der Waals surface area contributed by atoms with Gasteiger partial charge in [0.1, 0.15) is 13.2 Å². The molecule has 1 aromatic heterocycles. The van der Waals surface area contributed by atoms with Crippen LogP contribution in [0.25, 0.3) is 11.3 Å². The van der Waals surface area contributed by atoms with E-state index in [-0.39, 0.29) is 5.91 Å². The van der Waals surface area contributed by atoms with Gasteiger partial charge in [-0.05, 0) is 54.1 Å². The quantitative estimate of drug-likeness (QED) is 0.343. The number of carbonyl (C=O) groups excluding carboxylic acids is 1. The molecule has 9 heteroatoms. The summed E-state index contributed by atoms with van der Waals surface area (Å²) in [4.78, 5) is 25.3. The minimum atomic E-state index is -0.0954. The predicted molar refractivity (Wildman–Crippen MR) is 156 cm³/mol. The van der Waals surface area contributed by atoms with Gasteiger partial charge < -0.3 is 25.0 Å². The Morgan fingerprint density at radius 3 is 2.48 bits per heavy atom. The van der Waals surface area contributed by atoms with Gasteiger partial charge in [0.25, 0.3) is 0 Å². The molecule has 0 atom stereocenters. The zero-order valence-electron chi connectivity index (χ0n) is 22.5. The van der Waals surface area contributed by atoms with E-state index in [1.807, 2.05) is 42.5 Å². The summed E-state index contributed by atoms with van der Waals surface area (Å²) in [5, 5.41) is 6.14. The molecule has 0 aliphatic carbocycles. The third-order valence-corrected chi connectivity index (χ3v) is 7.01. The molecule has 2 aliphatic rings. The lowest BCUT2D eigenvalue weighted by atomic mass is 10.1. The molecule has 1 fully saturated rings. The maximum absolute atomic E-state index is 11.3. The van der Waals surface area contributed by atoms with Crippen LogP contribution in [-0.2, 0) is 11.3 Å². The van der Waals surface area contributed by atoms with Gasteiger partial charge in [-0.2, -0.15) is 0 Å². The Labute approximate surface area is 233 Å². The predicted octanol–water partition coefficient (Wildman–Crippen LogP) is 4.94. The Morgan fingerprint density at radius 2 is 1.68 bits per heavy atom. The van der Waals surface area contributed by atoms with Crippen LogP contribution in [-0.4, -0.2) is 60.2 Å². The van der Waals surface area contributed by atoms with E-state index in [4.69, 9.17) is 14.5 Å². The van der Waals surface area contributed by atoms with E-state index in [9.17, 15) is 4.79 Å². The first-order valence-electron chi connectivity index (χ1n) is 13.5. The van der Waals surface area contributed by atoms with Crippen molar-refractivity contribution in [2.45, 2.75) is 13.5 Å². The van der Waals surface area contributed by atoms with E-state index < -0.39 is 0 Å². The van der Waals surface area contributed by atoms with Crippen molar-refractivity contribution in [3.05, 3.63) is 84.6 Å². The summed E-state index contributed by atoms with van der Waals surface area (Å²) in [5.41, 5.74) is 5.86. The highest BCUT2D eigenvalue weighted by atomic mass is 16.6. The highest BCUT2D eigenvalue weighted by Crippen LogP contribution is 2.31. The number of nitrogens with one attached hydrogen (secondary N) is 2. The molecule has 0 spiro atoms. The lowest BCUT2D eigenvalue weighted by Crippen LogP contribution is -2.46. The SMILES string of the molecule is CC(=O)Nc1ccc(-c2ccnc(Nc3cccc(N4CCN(Cc5ccc6c(c5)OCCO6)CC4)c3)n2)cc1. The number of benzene rings is 3. The second kappa shape index (κ2) is 11.6. The smallest absolute Gasteiger partial charge is 0.227 e. The standard InChI is InChI=1S/C31H32N6O3/c1-22(38)33-25-8-6-24(7-9-25)28-11-12-32-31(35-28)34-26-3-2-4-27(20-26)37-15-13-36(14-16-37)21-23-5-10-29-30(19-23)40-18-17-39-29/h2-12,19-20H,13-18,21H2,1H3,(H,33,38)(H,32,34,35). The number of nitrogens with zero attached hydrogens (tertiary/aromatic N) is 4. The van der Waals surface area contributed by atoms with Gasteiger partial charge in [-0.1, -0.05) is 24.3 Å². The van der Waals surface area contributed by atoms with Crippen LogP contribution in [0.5, 0.6) is 11.5 Å². The van der Waals surface area contributed by atoms with E-state index in [1.54, 1.807) is 6.20 Å². The number of fused-ring (bicyclic) bond motifs is 1. The summed E-state index contributed by atoms with van der Waals surface area (Å²) < 4.78 is 11.4. The highest BCUT2D eigenvalue weighted by molar-refractivity contribution is 5.88. The van der Waals surface area contributed by atoms with Crippen molar-refractivity contribution in [2.75, 3.05) is 54.9 Å². The monoisotopic (exact) mass is 536 g/mol. The average Bonchev–Trinajstić information content (AvgIpc) is 2.98. The lowest BCUT2D eigenvalue weighted by molar-refractivity contribution is -0.114. The average molecular weight is 537 g/mol. The molecule has 0 bridgehead atoms. The van der Waals surface area contributed by atoms with Crippen LogP contribution in [0.1, 0.15) is 12.5 Å². The van der Waals surface area contributed by atoms with Gasteiger partial charge >= 0.3 is 0 Å². The first-order valence-corrected chi connectivity index (χ1v) is 13.5. The van der Waals surface area contributed by atoms with Crippen LogP contribution in [0.3, 0.4) is 0 Å². The van der Waals surface area contributed by atoms with Gasteiger partial charge in [0.05, 0.1) is 5.69 Å². The van der Waals surface area contributed by atoms with Gasteiger partial charge in [-0.25, -0.2) is 9.97 Å². The normalized spacial score (nSPS) is 15.0. The largest absolute Gasteiger partial charge is 0.486 e. The first-order chi connectivity index (χ1) is 19.6. The minimum absolute atomic E-state index is 0.0954. The Morgan fingerprint density at radius 1 is 0.875 bits per heavy atom. The second-order valence-electron chi connectivity index (χ2n) is 9.94. The molecule has 0 radical (unpaired) electrons. The summed E-state index contributed by atoms with van der Waals surface area (Å²) >= 11 is 0. The van der Waals surface area contributed by atoms with Gasteiger partial charge in [-0.15, -0.1) is 0 Å². The number of ether oxygens (including phenoxy) is 2. The second-order valence-corrected chi connectivity index (χ2v) is 9.94. The van der Waals surface area contributed by atoms with Crippen molar-refractivity contribution >= 4 is 28.9 Å². The molecule has 9 nitrogen and oxygen atoms in total. The van der Waals surface area contributed by atoms with Crippen molar-refractivity contribution in [1.82, 2.24) is 14.9 Å². The van der Waals surface area contributed by atoms with E-state index in [2.05, 4.69) is 55.7 Å². The molecular formula is C31H32N6O3. The van der Waals surface area contributed by atoms with Crippen LogP contribution < -0.4 is 25.0 Å². The van der Waals surface area contributed by atoms with Crippen molar-refractivity contribution in [3.8, 4) is 22.8 Å². The summed E-state index contributed by atoms with van der Waals surface area (Å²) in [5.74, 6) is 2.12. The fourth-order valence-corrected chi connectivity index (χ4v) is 5.03. The number of aromatic nitrogens is 2. The molecule has 6 rings (SSSR count). The van der Waals surface area contributed by atoms with E-state index >= 15 is 0 Å². The van der Waals surface area contributed by atoms with Gasteiger partial charge in [0.2, 0.25) is 11.9 Å². The Kier molecular flexibility index (Phi) is 7.45. The van der Waals surface area contributed by atoms with Crippen molar-refractivity contribution in [3.63, 3.8) is 0 Å².